The van der Waals surface area contributed by atoms with Gasteiger partial charge in [0.25, 0.3) is 0 Å². The van der Waals surface area contributed by atoms with Crippen LogP contribution < -0.4 is 16.2 Å². The van der Waals surface area contributed by atoms with Crippen LogP contribution in [0.2, 0.25) is 0 Å². The van der Waals surface area contributed by atoms with Gasteiger partial charge in [0.15, 0.2) is 5.96 Å². The highest BCUT2D eigenvalue weighted by atomic mass is 127. The van der Waals surface area contributed by atoms with Crippen LogP contribution in [0.25, 0.3) is 0 Å². The Morgan fingerprint density at radius 2 is 1.90 bits per heavy atom. The quantitative estimate of drug-likeness (QED) is 0.374. The van der Waals surface area contributed by atoms with Crippen LogP contribution in [0.15, 0.2) is 34.2 Å². The molecule has 1 aliphatic rings. The maximum absolute atomic E-state index is 11.1. The molecule has 0 aliphatic heterocycles. The summed E-state index contributed by atoms with van der Waals surface area (Å²) in [6.07, 6.45) is 3.02. The number of nitrogens with two attached hydrogens (primary N) is 2. The van der Waals surface area contributed by atoms with Crippen molar-refractivity contribution in [3.8, 4) is 0 Å². The van der Waals surface area contributed by atoms with Gasteiger partial charge in [0, 0.05) is 12.6 Å². The number of hydrogen-bond acceptors (Lipinski definition) is 3. The zero-order valence-corrected chi connectivity index (χ0v) is 14.1. The highest BCUT2D eigenvalue weighted by Gasteiger charge is 2.21. The molecule has 0 aromatic heterocycles. The molecular formula is C12H19IN4O2S. The minimum absolute atomic E-state index is 0. The van der Waals surface area contributed by atoms with Gasteiger partial charge in [-0.15, -0.1) is 24.0 Å². The summed E-state index contributed by atoms with van der Waals surface area (Å²) < 4.78 is 22.2. The minimum Gasteiger partial charge on any atom is -0.370 e. The molecule has 1 aromatic carbocycles. The summed E-state index contributed by atoms with van der Waals surface area (Å²) in [6.45, 7) is 0.570. The molecule has 0 heterocycles. The van der Waals surface area contributed by atoms with Crippen LogP contribution in [0.1, 0.15) is 18.4 Å². The lowest BCUT2D eigenvalue weighted by molar-refractivity contribution is 0.598. The van der Waals surface area contributed by atoms with E-state index in [1.54, 1.807) is 12.1 Å². The van der Waals surface area contributed by atoms with E-state index in [1.165, 1.54) is 12.1 Å². The summed E-state index contributed by atoms with van der Waals surface area (Å²) in [5.74, 6) is 0.476. The van der Waals surface area contributed by atoms with Crippen LogP contribution in [0.4, 0.5) is 0 Å². The molecule has 20 heavy (non-hydrogen) atoms. The summed E-state index contributed by atoms with van der Waals surface area (Å²) in [4.78, 5) is 4.33. The van der Waals surface area contributed by atoms with Crippen molar-refractivity contribution >= 4 is 40.0 Å². The van der Waals surface area contributed by atoms with Crippen LogP contribution in [-0.4, -0.2) is 27.0 Å². The van der Waals surface area contributed by atoms with Crippen molar-refractivity contribution in [1.82, 2.24) is 5.32 Å². The van der Waals surface area contributed by atoms with E-state index in [9.17, 15) is 8.42 Å². The zero-order valence-electron chi connectivity index (χ0n) is 11.0. The van der Waals surface area contributed by atoms with E-state index in [2.05, 4.69) is 10.3 Å². The van der Waals surface area contributed by atoms with Gasteiger partial charge in [-0.2, -0.15) is 0 Å². The summed E-state index contributed by atoms with van der Waals surface area (Å²) >= 11 is 0. The molecule has 5 N–H and O–H groups in total. The van der Waals surface area contributed by atoms with E-state index < -0.39 is 10.0 Å². The third-order valence-electron chi connectivity index (χ3n) is 2.86. The highest BCUT2D eigenvalue weighted by Crippen LogP contribution is 2.18. The van der Waals surface area contributed by atoms with Gasteiger partial charge in [0.1, 0.15) is 0 Å². The summed E-state index contributed by atoms with van der Waals surface area (Å²) in [5, 5.41) is 8.13. The number of halogens is 1. The molecule has 0 amide bonds. The van der Waals surface area contributed by atoms with E-state index in [0.717, 1.165) is 18.4 Å². The van der Waals surface area contributed by atoms with E-state index in [4.69, 9.17) is 10.9 Å². The second-order valence-electron chi connectivity index (χ2n) is 4.62. The molecule has 1 aliphatic carbocycles. The van der Waals surface area contributed by atoms with E-state index >= 15 is 0 Å². The van der Waals surface area contributed by atoms with Crippen molar-refractivity contribution < 1.29 is 8.42 Å². The fourth-order valence-electron chi connectivity index (χ4n) is 1.63. The van der Waals surface area contributed by atoms with Crippen LogP contribution in [0.5, 0.6) is 0 Å². The van der Waals surface area contributed by atoms with Gasteiger partial charge in [0.2, 0.25) is 10.0 Å². The number of rotatable bonds is 5. The van der Waals surface area contributed by atoms with Crippen molar-refractivity contribution in [3.63, 3.8) is 0 Å². The molecule has 0 spiro atoms. The number of benzene rings is 1. The Balaban J connectivity index is 0.00000200. The molecule has 6 nitrogen and oxygen atoms in total. The van der Waals surface area contributed by atoms with Crippen LogP contribution in [0.3, 0.4) is 0 Å². The fraction of sp³-hybridized carbons (Fsp3) is 0.417. The van der Waals surface area contributed by atoms with Crippen molar-refractivity contribution in [2.45, 2.75) is 30.2 Å². The molecule has 8 heteroatoms. The number of nitrogens with one attached hydrogen (secondary N) is 1. The molecule has 0 atom stereocenters. The maximum atomic E-state index is 11.1. The van der Waals surface area contributed by atoms with Gasteiger partial charge in [-0.25, -0.2) is 13.6 Å². The third kappa shape index (κ3) is 5.63. The largest absolute Gasteiger partial charge is 0.370 e. The molecule has 0 bridgehead atoms. The second-order valence-corrected chi connectivity index (χ2v) is 6.19. The van der Waals surface area contributed by atoms with Gasteiger partial charge in [-0.3, -0.25) is 4.99 Å². The van der Waals surface area contributed by atoms with Crippen molar-refractivity contribution in [1.29, 1.82) is 0 Å². The smallest absolute Gasteiger partial charge is 0.238 e. The Kier molecular flexibility index (Phi) is 6.21. The number of sulfonamides is 1. The van der Waals surface area contributed by atoms with Crippen molar-refractivity contribution in [3.05, 3.63) is 29.8 Å². The van der Waals surface area contributed by atoms with Crippen molar-refractivity contribution in [2.75, 3.05) is 6.54 Å². The lowest BCUT2D eigenvalue weighted by atomic mass is 10.1. The second kappa shape index (κ2) is 7.23. The average molecular weight is 410 g/mol. The maximum Gasteiger partial charge on any atom is 0.238 e. The Bertz CT molecular complexity index is 568. The van der Waals surface area contributed by atoms with Crippen LogP contribution >= 0.6 is 24.0 Å². The van der Waals surface area contributed by atoms with E-state index in [1.807, 2.05) is 0 Å². The topological polar surface area (TPSA) is 111 Å². The zero-order chi connectivity index (χ0) is 13.9. The van der Waals surface area contributed by atoms with E-state index in [-0.39, 0.29) is 28.9 Å². The average Bonchev–Trinajstić information content (AvgIpc) is 3.12. The molecule has 2 rings (SSSR count). The first-order valence-electron chi connectivity index (χ1n) is 6.13. The Morgan fingerprint density at radius 3 is 2.40 bits per heavy atom. The number of guanidine groups is 1. The highest BCUT2D eigenvalue weighted by molar-refractivity contribution is 14.0. The standard InChI is InChI=1S/C12H18N4O2S.HI/c13-12(16-10-3-4-10)15-8-7-9-1-5-11(6-2-9)19(14,17)18;/h1-2,5-6,10H,3-4,7-8H2,(H3,13,15,16)(H2,14,17,18);1H. The summed E-state index contributed by atoms with van der Waals surface area (Å²) in [7, 11) is -3.62. The van der Waals surface area contributed by atoms with Crippen LogP contribution in [0, 0.1) is 0 Å². The number of nitrogens with zero attached hydrogens (tertiary/aromatic N) is 1. The molecule has 1 saturated carbocycles. The van der Waals surface area contributed by atoms with Crippen molar-refractivity contribution in [2.24, 2.45) is 15.9 Å². The predicted octanol–water partition coefficient (Wildman–Crippen LogP) is 0.561. The first-order chi connectivity index (χ1) is 8.95. The van der Waals surface area contributed by atoms with Gasteiger partial charge < -0.3 is 11.1 Å². The predicted molar refractivity (Wildman–Crippen MR) is 89.6 cm³/mol. The lowest BCUT2D eigenvalue weighted by Crippen LogP contribution is -2.33. The number of hydrogen-bond donors (Lipinski definition) is 3. The fourth-order valence-corrected chi connectivity index (χ4v) is 2.15. The molecule has 1 fully saturated rings. The van der Waals surface area contributed by atoms with Gasteiger partial charge in [-0.05, 0) is 37.0 Å². The Labute approximate surface area is 136 Å². The monoisotopic (exact) mass is 410 g/mol. The molecule has 112 valence electrons. The molecule has 1 aromatic rings. The van der Waals surface area contributed by atoms with Gasteiger partial charge in [0.05, 0.1) is 4.90 Å². The van der Waals surface area contributed by atoms with Gasteiger partial charge >= 0.3 is 0 Å². The summed E-state index contributed by atoms with van der Waals surface area (Å²) in [5.41, 5.74) is 6.70. The SMILES string of the molecule is I.NC(=NCCc1ccc(S(N)(=O)=O)cc1)NC1CC1. The van der Waals surface area contributed by atoms with Crippen LogP contribution in [-0.2, 0) is 16.4 Å². The normalized spacial score (nSPS) is 15.6. The molecule has 0 radical (unpaired) electrons. The first kappa shape index (κ1) is 17.2. The molecule has 0 unspecified atom stereocenters. The Hall–Kier alpha value is -0.870. The minimum atomic E-state index is -3.62. The Morgan fingerprint density at radius 1 is 1.30 bits per heavy atom. The first-order valence-corrected chi connectivity index (χ1v) is 7.68. The number of primary sulfonamides is 1. The number of aliphatic imine (C=N–C) groups is 1. The third-order valence-corrected chi connectivity index (χ3v) is 3.79. The molecule has 0 saturated heterocycles. The lowest BCUT2D eigenvalue weighted by Gasteiger charge is -2.04. The molecular weight excluding hydrogens is 391 g/mol. The summed E-state index contributed by atoms with van der Waals surface area (Å²) in [6, 6.07) is 6.97. The van der Waals surface area contributed by atoms with E-state index in [0.29, 0.717) is 25.0 Å². The van der Waals surface area contributed by atoms with Gasteiger partial charge in [-0.1, -0.05) is 12.1 Å².